The highest BCUT2D eigenvalue weighted by atomic mass is 19.4. The van der Waals surface area contributed by atoms with Crippen LogP contribution in [0.15, 0.2) is 152 Å². The Bertz CT molecular complexity index is 3390. The number of amides is 4. The number of carbonyl (C=O) groups excluding carboxylic acids is 4. The molecular formula is C55H42F12N4O9. The highest BCUT2D eigenvalue weighted by molar-refractivity contribution is 6.06. The molecule has 0 aliphatic heterocycles. The van der Waals surface area contributed by atoms with Crippen LogP contribution in [0.2, 0.25) is 0 Å². The molecule has 0 aromatic heterocycles. The minimum atomic E-state index is -6.19. The summed E-state index contributed by atoms with van der Waals surface area (Å²) in [5, 5.41) is 49.7. The second-order valence-corrected chi connectivity index (χ2v) is 17.0. The number of hydrogen-bond donors (Lipinski definition) is 8. The van der Waals surface area contributed by atoms with Crippen LogP contribution >= 0.6 is 0 Å². The third-order valence-corrected chi connectivity index (χ3v) is 12.0. The summed E-state index contributed by atoms with van der Waals surface area (Å²) < 4.78 is 186. The first-order valence-corrected chi connectivity index (χ1v) is 23.1. The molecule has 0 radical (unpaired) electrons. The fourth-order valence-electron chi connectivity index (χ4n) is 8.29. The van der Waals surface area contributed by atoms with Crippen molar-refractivity contribution in [3.05, 3.63) is 191 Å². The van der Waals surface area contributed by atoms with Gasteiger partial charge in [-0.25, -0.2) is 0 Å². The van der Waals surface area contributed by atoms with E-state index in [-0.39, 0.29) is 46.4 Å². The smallest absolute Gasteiger partial charge is 0.411 e. The maximum absolute atomic E-state index is 15.2. The van der Waals surface area contributed by atoms with Crippen LogP contribution in [0.3, 0.4) is 0 Å². The van der Waals surface area contributed by atoms with Crippen LogP contribution in [0, 0.1) is 0 Å². The van der Waals surface area contributed by atoms with Crippen molar-refractivity contribution in [1.29, 1.82) is 0 Å². The summed E-state index contributed by atoms with van der Waals surface area (Å²) in [6.07, 6.45) is -24.7. The summed E-state index contributed by atoms with van der Waals surface area (Å²) >= 11 is 0. The van der Waals surface area contributed by atoms with Gasteiger partial charge in [-0.1, -0.05) is 56.3 Å². The van der Waals surface area contributed by atoms with Gasteiger partial charge in [-0.15, -0.1) is 0 Å². The third-order valence-electron chi connectivity index (χ3n) is 12.0. The van der Waals surface area contributed by atoms with E-state index >= 15 is 26.3 Å². The van der Waals surface area contributed by atoms with Crippen molar-refractivity contribution in [3.8, 4) is 34.5 Å². The fourth-order valence-corrected chi connectivity index (χ4v) is 8.29. The summed E-state index contributed by atoms with van der Waals surface area (Å²) in [5.74, 6) is -7.88. The maximum Gasteiger partial charge on any atom is 0.411 e. The molecule has 0 heterocycles. The van der Waals surface area contributed by atoms with Crippen LogP contribution in [0.1, 0.15) is 74.1 Å². The van der Waals surface area contributed by atoms with Gasteiger partial charge in [-0.05, 0) is 131 Å². The summed E-state index contributed by atoms with van der Waals surface area (Å²) in [6, 6.07) is 20.5. The first kappa shape index (κ1) is 59.8. The highest BCUT2D eigenvalue weighted by Gasteiger charge is 2.74. The molecule has 7 aromatic rings. The van der Waals surface area contributed by atoms with Crippen molar-refractivity contribution in [2.75, 3.05) is 21.3 Å². The van der Waals surface area contributed by atoms with Crippen LogP contribution in [-0.4, -0.2) is 68.8 Å². The van der Waals surface area contributed by atoms with Crippen LogP contribution in [-0.2, 0) is 15.6 Å². The van der Waals surface area contributed by atoms with Gasteiger partial charge in [0.25, 0.3) is 17.7 Å². The SMILES string of the molecule is CC.CC(=O)Nc1cc(C(c2ccc(O)c(NC(=O)c3ccc(Oc4ccc(C(=O)Nc5cc(C(c6ccc(O)c(NC(=O)c7ccccc7)c6)(C(F)(F)F)C(F)(F)F)ccc5O)cc4)cc3)c2)(C(F)(F)F)C(F)(F)F)ccc1O. The Morgan fingerprint density at radius 1 is 0.362 bits per heavy atom. The minimum absolute atomic E-state index is 0.0138. The Labute approximate surface area is 445 Å². The number of phenolic OH excluding ortho intramolecular Hbond substituents is 4. The molecule has 0 saturated heterocycles. The topological polar surface area (TPSA) is 207 Å². The summed E-state index contributed by atoms with van der Waals surface area (Å²) in [7, 11) is 0. The molecule has 0 unspecified atom stereocenters. The van der Waals surface area contributed by atoms with Crippen LogP contribution < -0.4 is 26.0 Å². The molecule has 0 atom stereocenters. The quantitative estimate of drug-likeness (QED) is 0.0408. The summed E-state index contributed by atoms with van der Waals surface area (Å²) in [6.45, 7) is 4.89. The highest BCUT2D eigenvalue weighted by Crippen LogP contribution is 2.59. The fraction of sp³-hybridized carbons (Fsp3) is 0.164. The van der Waals surface area contributed by atoms with Crippen molar-refractivity contribution < 1.29 is 97.0 Å². The lowest BCUT2D eigenvalue weighted by Gasteiger charge is -2.38. The van der Waals surface area contributed by atoms with Gasteiger partial charge in [0.1, 0.15) is 34.5 Å². The lowest BCUT2D eigenvalue weighted by molar-refractivity contribution is -0.290. The van der Waals surface area contributed by atoms with Crippen LogP contribution in [0.4, 0.5) is 75.4 Å². The van der Waals surface area contributed by atoms with Gasteiger partial charge < -0.3 is 46.4 Å². The Morgan fingerprint density at radius 3 is 0.863 bits per heavy atom. The summed E-state index contributed by atoms with van der Waals surface area (Å²) in [5.41, 5.74) is -19.8. The van der Waals surface area contributed by atoms with E-state index in [0.29, 0.717) is 54.6 Å². The molecule has 0 spiro atoms. The van der Waals surface area contributed by atoms with E-state index in [1.54, 1.807) is 0 Å². The molecule has 0 fully saturated rings. The summed E-state index contributed by atoms with van der Waals surface area (Å²) in [4.78, 5) is 51.0. The lowest BCUT2D eigenvalue weighted by atomic mass is 9.72. The molecule has 4 amide bonds. The predicted molar refractivity (Wildman–Crippen MR) is 267 cm³/mol. The van der Waals surface area contributed by atoms with E-state index in [2.05, 4.69) is 16.0 Å². The van der Waals surface area contributed by atoms with E-state index in [9.17, 15) is 65.9 Å². The van der Waals surface area contributed by atoms with Crippen molar-refractivity contribution in [3.63, 3.8) is 0 Å². The molecule has 25 heteroatoms. The number of ether oxygens (including phenoxy) is 1. The molecule has 420 valence electrons. The van der Waals surface area contributed by atoms with Crippen molar-refractivity contribution in [2.45, 2.75) is 56.3 Å². The lowest BCUT2D eigenvalue weighted by Crippen LogP contribution is -2.54. The molecule has 80 heavy (non-hydrogen) atoms. The zero-order chi connectivity index (χ0) is 59.3. The molecule has 7 aromatic carbocycles. The molecule has 0 aliphatic carbocycles. The number of hydrogen-bond acceptors (Lipinski definition) is 9. The number of halogens is 12. The number of nitrogens with one attached hydrogen (secondary N) is 4. The number of aromatic hydroxyl groups is 4. The molecule has 8 N–H and O–H groups in total. The van der Waals surface area contributed by atoms with Crippen LogP contribution in [0.25, 0.3) is 0 Å². The zero-order valence-electron chi connectivity index (χ0n) is 41.3. The van der Waals surface area contributed by atoms with Gasteiger partial charge in [0.2, 0.25) is 16.7 Å². The first-order chi connectivity index (χ1) is 37.4. The molecule has 0 saturated carbocycles. The van der Waals surface area contributed by atoms with Crippen molar-refractivity contribution in [2.24, 2.45) is 0 Å². The van der Waals surface area contributed by atoms with Gasteiger partial charge in [-0.3, -0.25) is 19.2 Å². The number of anilines is 4. The van der Waals surface area contributed by atoms with E-state index in [0.717, 1.165) is 31.2 Å². The second kappa shape index (κ2) is 22.9. The number of phenols is 4. The van der Waals surface area contributed by atoms with Gasteiger partial charge in [0, 0.05) is 23.6 Å². The van der Waals surface area contributed by atoms with E-state index in [4.69, 9.17) is 4.74 Å². The second-order valence-electron chi connectivity index (χ2n) is 17.0. The number of benzene rings is 7. The Hall–Kier alpha value is -9.42. The van der Waals surface area contributed by atoms with Gasteiger partial charge in [-0.2, -0.15) is 52.7 Å². The van der Waals surface area contributed by atoms with Gasteiger partial charge in [0.15, 0.2) is 0 Å². The number of carbonyl (C=O) groups is 4. The standard InChI is InChI=1S/C53H36F12N4O9.C2H6/c1-27(70)66-37-23-31(11-19-41(37)71)48(50(54,55)56,51(57,58)59)32-12-21-43(73)39(25-32)68-46(76)29-7-15-35(16-8-29)78-36-17-9-30(10-18-36)47(77)69-40-26-34(14-22-44(40)74)49(52(60,61)62,53(63,64)65)33-13-20-42(72)38(24-33)67-45(75)28-5-3-2-4-6-28;1-2/h2-26,71-74H,1H3,(H,66,70)(H,67,75)(H,68,76)(H,69,77);1-2H3. The normalized spacial score (nSPS) is 12.1. The maximum atomic E-state index is 15.2. The third kappa shape index (κ3) is 11.8. The van der Waals surface area contributed by atoms with Gasteiger partial charge in [0.05, 0.1) is 22.7 Å². The first-order valence-electron chi connectivity index (χ1n) is 23.1. The Morgan fingerprint density at radius 2 is 0.613 bits per heavy atom. The number of alkyl halides is 12. The van der Waals surface area contributed by atoms with Crippen LogP contribution in [0.5, 0.6) is 34.5 Å². The van der Waals surface area contributed by atoms with E-state index in [1.807, 2.05) is 19.2 Å². The predicted octanol–water partition coefficient (Wildman–Crippen LogP) is 13.9. The molecule has 7 rings (SSSR count). The Kier molecular flexibility index (Phi) is 17.1. The van der Waals surface area contributed by atoms with Crippen molar-refractivity contribution >= 4 is 46.4 Å². The average Bonchev–Trinajstić information content (AvgIpc) is 3.52. The van der Waals surface area contributed by atoms with E-state index in [1.165, 1.54) is 54.6 Å². The zero-order valence-corrected chi connectivity index (χ0v) is 41.3. The molecule has 13 nitrogen and oxygen atoms in total. The van der Waals surface area contributed by atoms with Gasteiger partial charge >= 0.3 is 24.7 Å². The average molecular weight is 1130 g/mol. The number of rotatable bonds is 13. The minimum Gasteiger partial charge on any atom is -0.506 e. The molecule has 0 aliphatic rings. The van der Waals surface area contributed by atoms with E-state index < -0.39 is 127 Å². The Balaban J connectivity index is 0.00000510. The van der Waals surface area contributed by atoms with Crippen molar-refractivity contribution in [1.82, 2.24) is 0 Å². The largest absolute Gasteiger partial charge is 0.506 e. The molecular weight excluding hydrogens is 1090 g/mol. The monoisotopic (exact) mass is 1130 g/mol. The molecule has 0 bridgehead atoms.